The second-order valence-corrected chi connectivity index (χ2v) is 27.6. The first-order valence-electron chi connectivity index (χ1n) is 17.7. The molecule has 4 aromatic rings. The number of halogens is 2. The molecule has 0 saturated carbocycles. The van der Waals surface area contributed by atoms with E-state index in [-0.39, 0.29) is 35.6 Å². The molecule has 2 aliphatic carbocycles. The van der Waals surface area contributed by atoms with E-state index in [1.807, 2.05) is 0 Å². The SMILES string of the molecule is C=C(CC1=[C]([Hf+2]=[C](c2ccccc2)c2ccccc2)CC=C1c1cc(C(C)(C)C)cc2c1Cc1ccc(C(C)(C)C)cc1-2)C[Si](C)(C)C.[Cl-].[Cl-]. The van der Waals surface area contributed by atoms with Crippen molar-refractivity contribution in [2.45, 2.75) is 97.3 Å². The summed E-state index contributed by atoms with van der Waals surface area (Å²) in [5.74, 6) is 0. The largest absolute Gasteiger partial charge is 1.00 e. The monoisotopic (exact) mass is 883 g/mol. The minimum atomic E-state index is -1.46. The summed E-state index contributed by atoms with van der Waals surface area (Å²) in [6.45, 7) is 26.3. The Labute approximate surface area is 327 Å². The Morgan fingerprint density at radius 2 is 1.24 bits per heavy atom. The summed E-state index contributed by atoms with van der Waals surface area (Å²) in [5.41, 5.74) is 17.7. The summed E-state index contributed by atoms with van der Waals surface area (Å²) < 4.78 is 3.34. The van der Waals surface area contributed by atoms with Crippen molar-refractivity contribution in [1.82, 2.24) is 0 Å². The summed E-state index contributed by atoms with van der Waals surface area (Å²) in [6.07, 6.45) is 5.70. The summed E-state index contributed by atoms with van der Waals surface area (Å²) in [5, 5.41) is 0. The van der Waals surface area contributed by atoms with Gasteiger partial charge in [-0.3, -0.25) is 0 Å². The molecular weight excluding hydrogens is 830 g/mol. The predicted octanol–water partition coefficient (Wildman–Crippen LogP) is 6.54. The first kappa shape index (κ1) is 40.4. The fourth-order valence-electron chi connectivity index (χ4n) is 7.36. The molecule has 0 radical (unpaired) electrons. The zero-order chi connectivity index (χ0) is 34.4. The smallest absolute Gasteiger partial charge is 1.00 e. The number of hydrogen-bond acceptors (Lipinski definition) is 0. The maximum absolute atomic E-state index is 4.74. The van der Waals surface area contributed by atoms with Gasteiger partial charge < -0.3 is 24.8 Å². The average Bonchev–Trinajstić information content (AvgIpc) is 3.58. The van der Waals surface area contributed by atoms with Gasteiger partial charge in [-0.2, -0.15) is 0 Å². The Bertz CT molecular complexity index is 1920. The van der Waals surface area contributed by atoms with E-state index < -0.39 is 30.5 Å². The van der Waals surface area contributed by atoms with Gasteiger partial charge in [0.25, 0.3) is 0 Å². The van der Waals surface area contributed by atoms with Crippen LogP contribution in [0, 0.1) is 0 Å². The molecule has 0 nitrogen and oxygen atoms in total. The maximum Gasteiger partial charge on any atom is -1.00 e. The van der Waals surface area contributed by atoms with Crippen molar-refractivity contribution in [2.75, 3.05) is 0 Å². The van der Waals surface area contributed by atoms with Crippen LogP contribution < -0.4 is 24.8 Å². The van der Waals surface area contributed by atoms with Crippen molar-refractivity contribution in [3.05, 3.63) is 157 Å². The summed E-state index contributed by atoms with van der Waals surface area (Å²) >= 11 is -1.46. The van der Waals surface area contributed by atoms with Crippen LogP contribution in [0.25, 0.3) is 16.7 Å². The third kappa shape index (κ3) is 8.98. The molecule has 0 spiro atoms. The van der Waals surface area contributed by atoms with E-state index in [0.717, 1.165) is 19.3 Å². The van der Waals surface area contributed by atoms with Gasteiger partial charge in [0.1, 0.15) is 0 Å². The van der Waals surface area contributed by atoms with E-state index in [1.165, 1.54) is 67.3 Å². The van der Waals surface area contributed by atoms with Gasteiger partial charge in [0.2, 0.25) is 0 Å². The Morgan fingerprint density at radius 3 is 1.78 bits per heavy atom. The molecule has 50 heavy (non-hydrogen) atoms. The van der Waals surface area contributed by atoms with Gasteiger partial charge in [-0.25, -0.2) is 0 Å². The molecule has 0 saturated heterocycles. The van der Waals surface area contributed by atoms with Crippen LogP contribution in [0.4, 0.5) is 0 Å². The number of allylic oxidation sites excluding steroid dienone is 5. The zero-order valence-corrected chi connectivity index (χ0v) is 37.6. The van der Waals surface area contributed by atoms with E-state index in [9.17, 15) is 0 Å². The molecule has 6 rings (SSSR count). The Balaban J connectivity index is 0.00000281. The van der Waals surface area contributed by atoms with Gasteiger partial charge in [-0.1, -0.05) is 0 Å². The van der Waals surface area contributed by atoms with Crippen LogP contribution in [-0.2, 0) is 39.7 Å². The molecular formula is C46H53Cl2HfSi. The Hall–Kier alpha value is -2.36. The van der Waals surface area contributed by atoms with Crippen molar-refractivity contribution < 1.29 is 47.2 Å². The van der Waals surface area contributed by atoms with E-state index in [1.54, 1.807) is 12.2 Å². The third-order valence-corrected chi connectivity index (χ3v) is 17.3. The second-order valence-electron chi connectivity index (χ2n) is 17.3. The van der Waals surface area contributed by atoms with Crippen molar-refractivity contribution in [2.24, 2.45) is 0 Å². The van der Waals surface area contributed by atoms with Gasteiger partial charge >= 0.3 is 305 Å². The first-order valence-corrected chi connectivity index (χ1v) is 25.0. The predicted molar refractivity (Wildman–Crippen MR) is 210 cm³/mol. The summed E-state index contributed by atoms with van der Waals surface area (Å²) in [6, 6.07) is 35.9. The molecule has 0 aromatic heterocycles. The number of rotatable bonds is 8. The summed E-state index contributed by atoms with van der Waals surface area (Å²) in [7, 11) is -1.30. The zero-order valence-electron chi connectivity index (χ0n) is 31.5. The van der Waals surface area contributed by atoms with Gasteiger partial charge in [0, 0.05) is 0 Å². The molecule has 0 fully saturated rings. The van der Waals surface area contributed by atoms with Crippen molar-refractivity contribution in [1.29, 1.82) is 0 Å². The van der Waals surface area contributed by atoms with Crippen molar-refractivity contribution in [3.8, 4) is 11.1 Å². The minimum Gasteiger partial charge on any atom is -1.00 e. The fraction of sp³-hybridized carbons (Fsp3) is 0.326. The molecule has 0 heterocycles. The number of hydrogen-bond donors (Lipinski definition) is 0. The van der Waals surface area contributed by atoms with Gasteiger partial charge in [0.15, 0.2) is 0 Å². The van der Waals surface area contributed by atoms with E-state index in [0.29, 0.717) is 0 Å². The minimum absolute atomic E-state index is 0. The van der Waals surface area contributed by atoms with Crippen LogP contribution in [-0.4, -0.2) is 11.3 Å². The normalized spacial score (nSPS) is 13.8. The molecule has 0 atom stereocenters. The molecule has 0 amide bonds. The van der Waals surface area contributed by atoms with Gasteiger partial charge in [0.05, 0.1) is 0 Å². The Morgan fingerprint density at radius 1 is 0.700 bits per heavy atom. The number of benzene rings is 4. The molecule has 259 valence electrons. The standard InChI is InChI=1S/C33H43Si.C13H10.2ClH.Hf/c1-22(21-34(8,9)10)16-23-12-11-13-27(23)30-19-26(33(5,6)7)20-31-28-18-25(32(2,3)4)15-14-24(28)17-29(30)31;1-3-7-12(8-4-1)11-13-9-5-2-6-10-13;;;/h13-15,18-20H,1,11,16-17,21H2,2-10H3;1-10H;2*1H;/q;;;;+2/p-2. The molecule has 4 aromatic carbocycles. The average molecular weight is 883 g/mol. The molecule has 0 aliphatic heterocycles. The second kappa shape index (κ2) is 15.7. The van der Waals surface area contributed by atoms with Crippen LogP contribution >= 0.6 is 0 Å². The van der Waals surface area contributed by atoms with E-state index >= 15 is 0 Å². The quantitative estimate of drug-likeness (QED) is 0.123. The van der Waals surface area contributed by atoms with Crippen molar-refractivity contribution >= 4 is 16.9 Å². The Kier molecular flexibility index (Phi) is 12.7. The van der Waals surface area contributed by atoms with Crippen molar-refractivity contribution in [3.63, 3.8) is 0 Å². The topological polar surface area (TPSA) is 0 Å². The van der Waals surface area contributed by atoms with Crippen LogP contribution in [0.2, 0.25) is 25.7 Å². The van der Waals surface area contributed by atoms with Crippen LogP contribution in [0.3, 0.4) is 0 Å². The van der Waals surface area contributed by atoms with E-state index in [4.69, 9.17) is 6.58 Å². The fourth-order valence-corrected chi connectivity index (χ4v) is 14.4. The van der Waals surface area contributed by atoms with Crippen LogP contribution in [0.15, 0.2) is 118 Å². The first-order chi connectivity index (χ1) is 22.6. The maximum atomic E-state index is 4.74. The molecule has 4 heteroatoms. The van der Waals surface area contributed by atoms with Crippen LogP contribution in [0.1, 0.15) is 93.3 Å². The third-order valence-electron chi connectivity index (χ3n) is 9.85. The number of fused-ring (bicyclic) bond motifs is 3. The van der Waals surface area contributed by atoms with Crippen LogP contribution in [0.5, 0.6) is 0 Å². The molecule has 0 N–H and O–H groups in total. The van der Waals surface area contributed by atoms with Gasteiger partial charge in [-0.15, -0.1) is 0 Å². The molecule has 2 aliphatic rings. The van der Waals surface area contributed by atoms with Gasteiger partial charge in [-0.05, 0) is 0 Å². The molecule has 0 bridgehead atoms. The van der Waals surface area contributed by atoms with E-state index in [2.05, 4.69) is 158 Å². The molecule has 0 unspecified atom stereocenters. The summed E-state index contributed by atoms with van der Waals surface area (Å²) in [4.78, 5) is 0.